The van der Waals surface area contributed by atoms with Gasteiger partial charge < -0.3 is 31.3 Å². The summed E-state index contributed by atoms with van der Waals surface area (Å²) in [6.45, 7) is -0.669. The second-order valence-electron chi connectivity index (χ2n) is 8.06. The molecule has 0 radical (unpaired) electrons. The van der Waals surface area contributed by atoms with Crippen LogP contribution >= 0.6 is 11.8 Å². The highest BCUT2D eigenvalue weighted by molar-refractivity contribution is 8.00. The predicted octanol–water partition coefficient (Wildman–Crippen LogP) is 1.09. The minimum atomic E-state index is -1.28. The highest BCUT2D eigenvalue weighted by atomic mass is 32.2. The molecular weight excluding hydrogens is 532 g/mol. The first-order valence-electron chi connectivity index (χ1n) is 11.6. The number of anilines is 1. The third-order valence-corrected chi connectivity index (χ3v) is 6.03. The van der Waals surface area contributed by atoms with Crippen molar-refractivity contribution < 1.29 is 43.7 Å². The van der Waals surface area contributed by atoms with Gasteiger partial charge in [0.2, 0.25) is 11.8 Å². The number of hydrogen-bond acceptors (Lipinski definition) is 9. The first-order chi connectivity index (χ1) is 18.5. The lowest BCUT2D eigenvalue weighted by Gasteiger charge is -2.18. The highest BCUT2D eigenvalue weighted by Gasteiger charge is 2.23. The van der Waals surface area contributed by atoms with E-state index in [1.807, 2.05) is 0 Å². The van der Waals surface area contributed by atoms with Crippen molar-refractivity contribution in [2.75, 3.05) is 23.4 Å². The molecule has 3 amide bonds. The van der Waals surface area contributed by atoms with Gasteiger partial charge in [-0.25, -0.2) is 4.79 Å². The molecule has 2 unspecified atom stereocenters. The summed E-state index contributed by atoms with van der Waals surface area (Å²) >= 11 is 1.03. The summed E-state index contributed by atoms with van der Waals surface area (Å²) in [7, 11) is 0. The van der Waals surface area contributed by atoms with Gasteiger partial charge >= 0.3 is 18.0 Å². The van der Waals surface area contributed by atoms with Crippen LogP contribution in [0.4, 0.5) is 10.5 Å². The average molecular weight is 561 g/mol. The second-order valence-corrected chi connectivity index (χ2v) is 9.09. The Balaban J connectivity index is 1.88. The topological polar surface area (TPSA) is 214 Å². The third-order valence-electron chi connectivity index (χ3n) is 4.99. The van der Waals surface area contributed by atoms with Crippen molar-refractivity contribution in [2.45, 2.75) is 24.9 Å². The molecule has 0 aliphatic rings. The lowest BCUT2D eigenvalue weighted by atomic mass is 10.1. The molecular formula is C25H28N4O9S. The van der Waals surface area contributed by atoms with E-state index in [1.54, 1.807) is 30.3 Å². The van der Waals surface area contributed by atoms with Gasteiger partial charge in [0.05, 0.1) is 5.75 Å². The molecule has 2 atom stereocenters. The average Bonchev–Trinajstić information content (AvgIpc) is 2.90. The maximum Gasteiger partial charge on any atom is 0.417 e. The summed E-state index contributed by atoms with van der Waals surface area (Å²) in [5.41, 5.74) is 6.12. The van der Waals surface area contributed by atoms with Crippen molar-refractivity contribution in [3.05, 3.63) is 60.2 Å². The molecule has 0 aliphatic heterocycles. The Morgan fingerprint density at radius 2 is 1.62 bits per heavy atom. The molecule has 7 N–H and O–H groups in total. The monoisotopic (exact) mass is 560 g/mol. The van der Waals surface area contributed by atoms with E-state index in [0.29, 0.717) is 17.0 Å². The van der Waals surface area contributed by atoms with Crippen molar-refractivity contribution in [2.24, 2.45) is 5.73 Å². The number of ether oxygens (including phenoxy) is 1. The number of carbonyl (C=O) groups excluding carboxylic acids is 4. The lowest BCUT2D eigenvalue weighted by molar-refractivity contribution is -0.139. The highest BCUT2D eigenvalue weighted by Crippen LogP contribution is 2.15. The Morgan fingerprint density at radius 1 is 0.949 bits per heavy atom. The first-order valence-corrected chi connectivity index (χ1v) is 12.7. The standard InChI is InChI=1S/C25H28N4O9S/c26-18(24(35)36)10-11-21(31)29-19(23(34)27-12-22(32)33)13-39-14-20(30)15-6-8-16(9-7-15)28-25(37)38-17-4-2-1-3-5-17/h1-9,18-19H,10-14,26H2,(H,27,34)(H,28,37)(H,29,31)(H,32,33)(H,35,36). The maximum absolute atomic E-state index is 12.6. The number of Topliss-reactive ketones (excluding diaryl/α,β-unsaturated/α-hetero) is 1. The van der Waals surface area contributed by atoms with Gasteiger partial charge in [0.15, 0.2) is 5.78 Å². The van der Waals surface area contributed by atoms with Gasteiger partial charge in [0.25, 0.3) is 0 Å². The Bertz CT molecular complexity index is 1180. The molecule has 2 aromatic rings. The zero-order valence-corrected chi connectivity index (χ0v) is 21.4. The molecule has 0 aromatic heterocycles. The van der Waals surface area contributed by atoms with E-state index in [9.17, 15) is 28.8 Å². The number of ketones is 1. The van der Waals surface area contributed by atoms with Crippen molar-refractivity contribution in [1.29, 1.82) is 0 Å². The lowest BCUT2D eigenvalue weighted by Crippen LogP contribution is -2.49. The number of para-hydroxylation sites is 1. The van der Waals surface area contributed by atoms with Crippen LogP contribution in [-0.4, -0.2) is 76.0 Å². The van der Waals surface area contributed by atoms with E-state index in [-0.39, 0.29) is 30.1 Å². The van der Waals surface area contributed by atoms with E-state index >= 15 is 0 Å². The maximum atomic E-state index is 12.6. The molecule has 0 heterocycles. The largest absolute Gasteiger partial charge is 0.480 e. The minimum Gasteiger partial charge on any atom is -0.480 e. The number of carboxylic acids is 2. The number of nitrogens with one attached hydrogen (secondary N) is 3. The first kappa shape index (κ1) is 30.8. The predicted molar refractivity (Wildman–Crippen MR) is 142 cm³/mol. The van der Waals surface area contributed by atoms with E-state index in [2.05, 4.69) is 16.0 Å². The van der Waals surface area contributed by atoms with E-state index in [0.717, 1.165) is 11.8 Å². The van der Waals surface area contributed by atoms with Gasteiger partial charge in [-0.15, -0.1) is 0 Å². The fraction of sp³-hybridized carbons (Fsp3) is 0.280. The van der Waals surface area contributed by atoms with E-state index in [1.165, 1.54) is 24.3 Å². The number of nitrogens with two attached hydrogens (primary N) is 1. The molecule has 0 fully saturated rings. The molecule has 0 spiro atoms. The molecule has 14 heteroatoms. The van der Waals surface area contributed by atoms with Crippen molar-refractivity contribution in [3.8, 4) is 5.75 Å². The van der Waals surface area contributed by atoms with Crippen LogP contribution in [0.2, 0.25) is 0 Å². The van der Waals surface area contributed by atoms with Crippen molar-refractivity contribution in [1.82, 2.24) is 10.6 Å². The molecule has 208 valence electrons. The number of benzene rings is 2. The molecule has 39 heavy (non-hydrogen) atoms. The fourth-order valence-electron chi connectivity index (χ4n) is 2.98. The van der Waals surface area contributed by atoms with Crippen LogP contribution in [0, 0.1) is 0 Å². The van der Waals surface area contributed by atoms with Crippen LogP contribution in [0.3, 0.4) is 0 Å². The molecule has 0 saturated heterocycles. The molecule has 0 saturated carbocycles. The third kappa shape index (κ3) is 11.7. The number of amides is 3. The van der Waals surface area contributed by atoms with Gasteiger partial charge in [0.1, 0.15) is 24.4 Å². The SMILES string of the molecule is NC(CCC(=O)NC(CSCC(=O)c1ccc(NC(=O)Oc2ccccc2)cc1)C(=O)NCC(=O)O)C(=O)O. The summed E-state index contributed by atoms with van der Waals surface area (Å²) in [5, 5.41) is 24.7. The Hall–Kier alpha value is -4.43. The normalized spacial score (nSPS) is 11.9. The zero-order valence-electron chi connectivity index (χ0n) is 20.6. The van der Waals surface area contributed by atoms with Crippen LogP contribution in [0.25, 0.3) is 0 Å². The Morgan fingerprint density at radius 3 is 2.23 bits per heavy atom. The van der Waals surface area contributed by atoms with Gasteiger partial charge in [-0.2, -0.15) is 11.8 Å². The molecule has 0 bridgehead atoms. The minimum absolute atomic E-state index is 0.0567. The number of hydrogen-bond donors (Lipinski definition) is 6. The van der Waals surface area contributed by atoms with Crippen LogP contribution in [0.5, 0.6) is 5.75 Å². The summed E-state index contributed by atoms with van der Waals surface area (Å²) in [6.07, 6.45) is -1.13. The van der Waals surface area contributed by atoms with Gasteiger partial charge in [-0.1, -0.05) is 18.2 Å². The molecule has 2 aromatic carbocycles. The van der Waals surface area contributed by atoms with Crippen molar-refractivity contribution >= 4 is 53.1 Å². The van der Waals surface area contributed by atoms with E-state index in [4.69, 9.17) is 20.7 Å². The van der Waals surface area contributed by atoms with Gasteiger partial charge in [-0.3, -0.25) is 29.3 Å². The van der Waals surface area contributed by atoms with Gasteiger partial charge in [0, 0.05) is 23.4 Å². The smallest absolute Gasteiger partial charge is 0.417 e. The molecule has 0 aliphatic carbocycles. The number of aliphatic carboxylic acids is 2. The van der Waals surface area contributed by atoms with Crippen LogP contribution in [0.1, 0.15) is 23.2 Å². The zero-order chi connectivity index (χ0) is 28.8. The van der Waals surface area contributed by atoms with Crippen LogP contribution < -0.4 is 26.4 Å². The molecule has 13 nitrogen and oxygen atoms in total. The van der Waals surface area contributed by atoms with Gasteiger partial charge in [-0.05, 0) is 42.8 Å². The Labute approximate surface area is 227 Å². The number of carboxylic acid groups (broad SMARTS) is 2. The number of rotatable bonds is 15. The molecule has 2 rings (SSSR count). The quantitative estimate of drug-likeness (QED) is 0.170. The van der Waals surface area contributed by atoms with Crippen LogP contribution in [-0.2, 0) is 19.2 Å². The van der Waals surface area contributed by atoms with Crippen molar-refractivity contribution in [3.63, 3.8) is 0 Å². The number of carbonyl (C=O) groups is 6. The summed E-state index contributed by atoms with van der Waals surface area (Å²) in [6, 6.07) is 12.1. The summed E-state index contributed by atoms with van der Waals surface area (Å²) in [4.78, 5) is 70.7. The van der Waals surface area contributed by atoms with E-state index < -0.39 is 48.5 Å². The summed E-state index contributed by atoms with van der Waals surface area (Å²) in [5.74, 6) is -4.02. The Kier molecular flexibility index (Phi) is 12.4. The number of thioether (sulfide) groups is 1. The van der Waals surface area contributed by atoms with Crippen LogP contribution in [0.15, 0.2) is 54.6 Å². The fourth-order valence-corrected chi connectivity index (χ4v) is 3.92. The second kappa shape index (κ2) is 15.7. The summed E-state index contributed by atoms with van der Waals surface area (Å²) < 4.78 is 5.14.